The highest BCUT2D eigenvalue weighted by molar-refractivity contribution is 5.71. The fourth-order valence-corrected chi connectivity index (χ4v) is 4.20. The standard InChI is InChI=1S/C18H31NO6/c1-16(2,3)25-15(22)19-12(10-14(20)21)11-9-13(17(11,4)5)18(6)23-7-8-24-18/h11-13H,7-10H2,1-6H3,(H,19,22)(H,20,21)/t11-,12+,13-/m1/s1. The van der Waals surface area contributed by atoms with Crippen LogP contribution in [0.4, 0.5) is 4.79 Å². The molecule has 2 rings (SSSR count). The third-order valence-corrected chi connectivity index (χ3v) is 5.42. The summed E-state index contributed by atoms with van der Waals surface area (Å²) in [6.45, 7) is 12.6. The quantitative estimate of drug-likeness (QED) is 0.786. The van der Waals surface area contributed by atoms with Crippen molar-refractivity contribution in [3.8, 4) is 0 Å². The number of ether oxygens (including phenoxy) is 3. The number of hydrogen-bond donors (Lipinski definition) is 2. The number of nitrogens with one attached hydrogen (secondary N) is 1. The van der Waals surface area contributed by atoms with Crippen molar-refractivity contribution in [2.75, 3.05) is 13.2 Å². The Morgan fingerprint density at radius 3 is 2.24 bits per heavy atom. The number of hydrogen-bond acceptors (Lipinski definition) is 5. The number of alkyl carbamates (subject to hydrolysis) is 1. The van der Waals surface area contributed by atoms with Crippen molar-refractivity contribution in [1.82, 2.24) is 5.32 Å². The molecule has 0 radical (unpaired) electrons. The van der Waals surface area contributed by atoms with E-state index in [1.165, 1.54) is 0 Å². The molecule has 0 aromatic carbocycles. The van der Waals surface area contributed by atoms with Gasteiger partial charge < -0.3 is 24.6 Å². The maximum Gasteiger partial charge on any atom is 0.407 e. The molecule has 2 aliphatic rings. The van der Waals surface area contributed by atoms with Gasteiger partial charge in [-0.1, -0.05) is 13.8 Å². The fraction of sp³-hybridized carbons (Fsp3) is 0.889. The van der Waals surface area contributed by atoms with Crippen molar-refractivity contribution in [2.24, 2.45) is 17.3 Å². The normalized spacial score (nSPS) is 28.7. The number of carboxylic acid groups (broad SMARTS) is 1. The van der Waals surface area contributed by atoms with Crippen LogP contribution in [0.15, 0.2) is 0 Å². The molecule has 3 atom stereocenters. The highest BCUT2D eigenvalue weighted by atomic mass is 16.7. The average molecular weight is 357 g/mol. The maximum atomic E-state index is 12.1. The van der Waals surface area contributed by atoms with Crippen molar-refractivity contribution in [3.05, 3.63) is 0 Å². The van der Waals surface area contributed by atoms with Gasteiger partial charge in [0.1, 0.15) is 5.60 Å². The first-order valence-corrected chi connectivity index (χ1v) is 8.84. The van der Waals surface area contributed by atoms with Crippen LogP contribution in [0, 0.1) is 17.3 Å². The topological polar surface area (TPSA) is 94.1 Å². The van der Waals surface area contributed by atoms with Crippen molar-refractivity contribution in [3.63, 3.8) is 0 Å². The summed E-state index contributed by atoms with van der Waals surface area (Å²) in [5, 5.41) is 12.0. The zero-order valence-corrected chi connectivity index (χ0v) is 16.0. The van der Waals surface area contributed by atoms with Crippen LogP contribution in [-0.4, -0.2) is 47.8 Å². The predicted octanol–water partition coefficient (Wildman–Crippen LogP) is 2.78. The molecule has 1 heterocycles. The lowest BCUT2D eigenvalue weighted by Crippen LogP contribution is -2.62. The number of carbonyl (C=O) groups is 2. The minimum absolute atomic E-state index is 0.00532. The van der Waals surface area contributed by atoms with E-state index >= 15 is 0 Å². The number of amides is 1. The van der Waals surface area contributed by atoms with E-state index in [-0.39, 0.29) is 23.7 Å². The second kappa shape index (κ2) is 6.76. The Labute approximate surface area is 149 Å². The van der Waals surface area contributed by atoms with Crippen LogP contribution in [0.3, 0.4) is 0 Å². The van der Waals surface area contributed by atoms with Crippen LogP contribution in [0.2, 0.25) is 0 Å². The lowest BCUT2D eigenvalue weighted by atomic mass is 9.50. The second-order valence-electron chi connectivity index (χ2n) is 8.78. The van der Waals surface area contributed by atoms with Gasteiger partial charge in [-0.3, -0.25) is 4.79 Å². The monoisotopic (exact) mass is 357 g/mol. The van der Waals surface area contributed by atoms with Gasteiger partial charge >= 0.3 is 12.1 Å². The highest BCUT2D eigenvalue weighted by Gasteiger charge is 2.60. The van der Waals surface area contributed by atoms with Crippen LogP contribution in [0.1, 0.15) is 54.4 Å². The molecule has 7 heteroatoms. The number of rotatable bonds is 5. The van der Waals surface area contributed by atoms with Crippen molar-refractivity contribution in [2.45, 2.75) is 71.8 Å². The van der Waals surface area contributed by atoms with Gasteiger partial charge in [0.15, 0.2) is 5.79 Å². The Morgan fingerprint density at radius 1 is 1.24 bits per heavy atom. The van der Waals surface area contributed by atoms with Gasteiger partial charge in [-0.15, -0.1) is 0 Å². The Bertz CT molecular complexity index is 518. The number of carbonyl (C=O) groups excluding carboxylic acids is 1. The van der Waals surface area contributed by atoms with Gasteiger partial charge in [0.05, 0.1) is 19.6 Å². The van der Waals surface area contributed by atoms with Gasteiger partial charge in [-0.25, -0.2) is 4.79 Å². The summed E-state index contributed by atoms with van der Waals surface area (Å²) in [6, 6.07) is -0.497. The molecule has 7 nitrogen and oxygen atoms in total. The Hall–Kier alpha value is -1.34. The van der Waals surface area contributed by atoms with Gasteiger partial charge in [0.25, 0.3) is 0 Å². The fourth-order valence-electron chi connectivity index (χ4n) is 4.20. The summed E-state index contributed by atoms with van der Waals surface area (Å²) in [4.78, 5) is 23.4. The van der Waals surface area contributed by atoms with Gasteiger partial charge in [-0.2, -0.15) is 0 Å². The lowest BCUT2D eigenvalue weighted by molar-refractivity contribution is -0.256. The largest absolute Gasteiger partial charge is 0.481 e. The molecule has 0 aromatic rings. The molecule has 0 bridgehead atoms. The van der Waals surface area contributed by atoms with Gasteiger partial charge in [0.2, 0.25) is 0 Å². The number of aliphatic carboxylic acids is 1. The van der Waals surface area contributed by atoms with E-state index in [1.54, 1.807) is 20.8 Å². The first kappa shape index (κ1) is 20.0. The smallest absolute Gasteiger partial charge is 0.407 e. The molecule has 0 spiro atoms. The number of carboxylic acids is 1. The summed E-state index contributed by atoms with van der Waals surface area (Å²) < 4.78 is 16.9. The molecule has 0 unspecified atom stereocenters. The van der Waals surface area contributed by atoms with E-state index in [9.17, 15) is 14.7 Å². The summed E-state index contributed by atoms with van der Waals surface area (Å²) >= 11 is 0. The van der Waals surface area contributed by atoms with Crippen molar-refractivity contribution in [1.29, 1.82) is 0 Å². The van der Waals surface area contributed by atoms with E-state index in [0.29, 0.717) is 13.2 Å². The lowest BCUT2D eigenvalue weighted by Gasteiger charge is -2.59. The third-order valence-electron chi connectivity index (χ3n) is 5.42. The van der Waals surface area contributed by atoms with Gasteiger partial charge in [-0.05, 0) is 45.4 Å². The molecule has 25 heavy (non-hydrogen) atoms. The second-order valence-corrected chi connectivity index (χ2v) is 8.78. The summed E-state index contributed by atoms with van der Waals surface area (Å²) in [5.41, 5.74) is -0.858. The molecule has 1 saturated heterocycles. The van der Waals surface area contributed by atoms with E-state index in [4.69, 9.17) is 14.2 Å². The van der Waals surface area contributed by atoms with E-state index < -0.39 is 29.5 Å². The molecular formula is C18H31NO6. The zero-order chi connectivity index (χ0) is 19.0. The van der Waals surface area contributed by atoms with E-state index in [2.05, 4.69) is 19.2 Å². The molecule has 2 N–H and O–H groups in total. The van der Waals surface area contributed by atoms with Crippen LogP contribution in [-0.2, 0) is 19.0 Å². The molecular weight excluding hydrogens is 326 g/mol. The molecule has 2 fully saturated rings. The maximum absolute atomic E-state index is 12.1. The zero-order valence-electron chi connectivity index (χ0n) is 16.0. The molecule has 1 aliphatic heterocycles. The van der Waals surface area contributed by atoms with Crippen molar-refractivity contribution >= 4 is 12.1 Å². The van der Waals surface area contributed by atoms with E-state index in [0.717, 1.165) is 6.42 Å². The van der Waals surface area contributed by atoms with Crippen LogP contribution >= 0.6 is 0 Å². The minimum Gasteiger partial charge on any atom is -0.481 e. The van der Waals surface area contributed by atoms with E-state index in [1.807, 2.05) is 6.92 Å². The molecule has 144 valence electrons. The average Bonchev–Trinajstić information content (AvgIpc) is 2.81. The van der Waals surface area contributed by atoms with Gasteiger partial charge in [0, 0.05) is 12.0 Å². The summed E-state index contributed by atoms with van der Waals surface area (Å²) in [6.07, 6.45) is 0.00741. The Kier molecular flexibility index (Phi) is 5.40. The molecule has 0 aromatic heterocycles. The predicted molar refractivity (Wildman–Crippen MR) is 91.1 cm³/mol. The highest BCUT2D eigenvalue weighted by Crippen LogP contribution is 2.59. The van der Waals surface area contributed by atoms with Crippen molar-refractivity contribution < 1.29 is 28.9 Å². The first-order valence-electron chi connectivity index (χ1n) is 8.84. The Morgan fingerprint density at radius 2 is 1.80 bits per heavy atom. The Balaban J connectivity index is 2.08. The molecule has 1 aliphatic carbocycles. The van der Waals surface area contributed by atoms with Crippen LogP contribution in [0.5, 0.6) is 0 Å². The molecule has 1 saturated carbocycles. The third kappa shape index (κ3) is 4.44. The first-order chi connectivity index (χ1) is 11.3. The van der Waals surface area contributed by atoms with Crippen LogP contribution in [0.25, 0.3) is 0 Å². The molecule has 1 amide bonds. The van der Waals surface area contributed by atoms with Crippen LogP contribution < -0.4 is 5.32 Å². The SMILES string of the molecule is CC(C)(C)OC(=O)N[C@@H](CC(=O)O)[C@H]1C[C@@H](C2(C)OCCO2)C1(C)C. The minimum atomic E-state index is -0.945. The summed E-state index contributed by atoms with van der Waals surface area (Å²) in [7, 11) is 0. The summed E-state index contributed by atoms with van der Waals surface area (Å²) in [5.74, 6) is -1.44.